The zero-order valence-electron chi connectivity index (χ0n) is 9.67. The predicted molar refractivity (Wildman–Crippen MR) is 60.7 cm³/mol. The van der Waals surface area contributed by atoms with Crippen LogP contribution in [-0.2, 0) is 4.79 Å². The third kappa shape index (κ3) is 2.71. The lowest BCUT2D eigenvalue weighted by atomic mass is 10.0. The highest BCUT2D eigenvalue weighted by Crippen LogP contribution is 2.19. The van der Waals surface area contributed by atoms with E-state index in [9.17, 15) is 4.79 Å². The smallest absolute Gasteiger partial charge is 0.224 e. The van der Waals surface area contributed by atoms with Gasteiger partial charge in [-0.3, -0.25) is 4.79 Å². The summed E-state index contributed by atoms with van der Waals surface area (Å²) < 4.78 is 0. The molecular formula is C12H22N2O. The molecule has 3 heteroatoms. The minimum absolute atomic E-state index is 0.361. The summed E-state index contributed by atoms with van der Waals surface area (Å²) in [5.41, 5.74) is 0. The van der Waals surface area contributed by atoms with Crippen molar-refractivity contribution in [1.82, 2.24) is 10.2 Å². The van der Waals surface area contributed by atoms with Gasteiger partial charge in [-0.15, -0.1) is 0 Å². The Morgan fingerprint density at radius 1 is 1.33 bits per heavy atom. The number of likely N-dealkylation sites (tertiary alicyclic amines) is 1. The van der Waals surface area contributed by atoms with Gasteiger partial charge in [0.05, 0.1) is 0 Å². The molecule has 2 atom stereocenters. The number of nitrogens with zero attached hydrogens (tertiary/aromatic N) is 1. The van der Waals surface area contributed by atoms with Gasteiger partial charge in [0, 0.05) is 25.0 Å². The van der Waals surface area contributed by atoms with Crippen LogP contribution in [0.25, 0.3) is 0 Å². The molecular weight excluding hydrogens is 188 g/mol. The van der Waals surface area contributed by atoms with Crippen LogP contribution in [0.5, 0.6) is 0 Å². The van der Waals surface area contributed by atoms with Crippen LogP contribution in [0.4, 0.5) is 0 Å². The van der Waals surface area contributed by atoms with Crippen molar-refractivity contribution in [2.24, 2.45) is 0 Å². The van der Waals surface area contributed by atoms with Gasteiger partial charge in [-0.25, -0.2) is 0 Å². The third-order valence-electron chi connectivity index (χ3n) is 3.71. The lowest BCUT2D eigenvalue weighted by Crippen LogP contribution is -2.41. The average molecular weight is 210 g/mol. The standard InChI is InChI=1S/C12H22N2O/c1-10-5-4-8-14(10)12(15)9-11-6-2-3-7-13-11/h10-11,13H,2-9H2,1H3. The molecule has 3 nitrogen and oxygen atoms in total. The van der Waals surface area contributed by atoms with E-state index in [1.165, 1.54) is 32.1 Å². The third-order valence-corrected chi connectivity index (χ3v) is 3.71. The maximum absolute atomic E-state index is 12.0. The number of hydrogen-bond donors (Lipinski definition) is 1. The van der Waals surface area contributed by atoms with Crippen molar-refractivity contribution in [2.45, 2.75) is 57.5 Å². The first-order chi connectivity index (χ1) is 7.27. The number of rotatable bonds is 2. The van der Waals surface area contributed by atoms with E-state index in [0.717, 1.165) is 13.1 Å². The Balaban J connectivity index is 1.80. The van der Waals surface area contributed by atoms with Gasteiger partial charge in [-0.2, -0.15) is 0 Å². The van der Waals surface area contributed by atoms with Gasteiger partial charge >= 0.3 is 0 Å². The van der Waals surface area contributed by atoms with Crippen LogP contribution in [-0.4, -0.2) is 36.0 Å². The van der Waals surface area contributed by atoms with Crippen molar-refractivity contribution < 1.29 is 4.79 Å². The molecule has 1 N–H and O–H groups in total. The number of piperidine rings is 1. The Kier molecular flexibility index (Phi) is 3.62. The summed E-state index contributed by atoms with van der Waals surface area (Å²) in [4.78, 5) is 14.1. The maximum Gasteiger partial charge on any atom is 0.224 e. The number of carbonyl (C=O) groups excluding carboxylic acids is 1. The van der Waals surface area contributed by atoms with E-state index in [1.807, 2.05) is 0 Å². The van der Waals surface area contributed by atoms with Crippen LogP contribution in [0.1, 0.15) is 45.4 Å². The molecule has 0 aromatic rings. The van der Waals surface area contributed by atoms with E-state index in [-0.39, 0.29) is 0 Å². The normalized spacial score (nSPS) is 31.9. The molecule has 0 aromatic carbocycles. The van der Waals surface area contributed by atoms with Gasteiger partial charge in [0.25, 0.3) is 0 Å². The summed E-state index contributed by atoms with van der Waals surface area (Å²) in [6.45, 7) is 4.24. The molecule has 2 saturated heterocycles. The fourth-order valence-electron chi connectivity index (χ4n) is 2.73. The van der Waals surface area contributed by atoms with Crippen LogP contribution in [0.3, 0.4) is 0 Å². The minimum Gasteiger partial charge on any atom is -0.340 e. The van der Waals surface area contributed by atoms with Gasteiger partial charge in [-0.05, 0) is 39.2 Å². The summed E-state index contributed by atoms with van der Waals surface area (Å²) in [5, 5.41) is 3.44. The Morgan fingerprint density at radius 2 is 2.20 bits per heavy atom. The van der Waals surface area contributed by atoms with Crippen LogP contribution in [0, 0.1) is 0 Å². The van der Waals surface area contributed by atoms with Gasteiger partial charge < -0.3 is 10.2 Å². The second kappa shape index (κ2) is 4.97. The molecule has 0 aromatic heterocycles. The second-order valence-corrected chi connectivity index (χ2v) is 4.93. The molecule has 2 aliphatic rings. The first-order valence-electron chi connectivity index (χ1n) is 6.30. The number of amides is 1. The molecule has 15 heavy (non-hydrogen) atoms. The lowest BCUT2D eigenvalue weighted by Gasteiger charge is -2.27. The second-order valence-electron chi connectivity index (χ2n) is 4.93. The minimum atomic E-state index is 0.361. The summed E-state index contributed by atoms with van der Waals surface area (Å²) in [6.07, 6.45) is 6.80. The van der Waals surface area contributed by atoms with Crippen LogP contribution in [0.15, 0.2) is 0 Å². The van der Waals surface area contributed by atoms with E-state index in [0.29, 0.717) is 24.4 Å². The molecule has 2 fully saturated rings. The molecule has 0 saturated carbocycles. The first kappa shape index (κ1) is 10.9. The van der Waals surface area contributed by atoms with Crippen LogP contribution in [0.2, 0.25) is 0 Å². The van der Waals surface area contributed by atoms with E-state index >= 15 is 0 Å². The van der Waals surface area contributed by atoms with Crippen LogP contribution >= 0.6 is 0 Å². The Bertz CT molecular complexity index is 224. The summed E-state index contributed by atoms with van der Waals surface area (Å²) in [6, 6.07) is 0.917. The zero-order chi connectivity index (χ0) is 10.7. The molecule has 0 spiro atoms. The fraction of sp³-hybridized carbons (Fsp3) is 0.917. The maximum atomic E-state index is 12.0. The molecule has 2 unspecified atom stereocenters. The number of hydrogen-bond acceptors (Lipinski definition) is 2. The lowest BCUT2D eigenvalue weighted by molar-refractivity contribution is -0.132. The molecule has 1 amide bonds. The molecule has 2 aliphatic heterocycles. The number of nitrogens with one attached hydrogen (secondary N) is 1. The van der Waals surface area contributed by atoms with Crippen molar-refractivity contribution in [3.05, 3.63) is 0 Å². The van der Waals surface area contributed by atoms with Gasteiger partial charge in [-0.1, -0.05) is 6.42 Å². The van der Waals surface area contributed by atoms with E-state index in [4.69, 9.17) is 0 Å². The Labute approximate surface area is 92.2 Å². The predicted octanol–water partition coefficient (Wildman–Crippen LogP) is 1.53. The monoisotopic (exact) mass is 210 g/mol. The van der Waals surface area contributed by atoms with E-state index < -0.39 is 0 Å². The highest BCUT2D eigenvalue weighted by Gasteiger charge is 2.27. The first-order valence-corrected chi connectivity index (χ1v) is 6.30. The highest BCUT2D eigenvalue weighted by atomic mass is 16.2. The molecule has 86 valence electrons. The fourth-order valence-corrected chi connectivity index (χ4v) is 2.73. The highest BCUT2D eigenvalue weighted by molar-refractivity contribution is 5.77. The summed E-state index contributed by atoms with van der Waals surface area (Å²) in [5.74, 6) is 0.361. The average Bonchev–Trinajstić information content (AvgIpc) is 2.66. The van der Waals surface area contributed by atoms with Gasteiger partial charge in [0.15, 0.2) is 0 Å². The molecule has 0 aliphatic carbocycles. The van der Waals surface area contributed by atoms with E-state index in [2.05, 4.69) is 17.1 Å². The van der Waals surface area contributed by atoms with Crippen molar-refractivity contribution in [3.8, 4) is 0 Å². The Hall–Kier alpha value is -0.570. The molecule has 2 rings (SSSR count). The van der Waals surface area contributed by atoms with E-state index in [1.54, 1.807) is 0 Å². The topological polar surface area (TPSA) is 32.3 Å². The zero-order valence-corrected chi connectivity index (χ0v) is 9.67. The largest absolute Gasteiger partial charge is 0.340 e. The SMILES string of the molecule is CC1CCCN1C(=O)CC1CCCCN1. The van der Waals surface area contributed by atoms with Crippen molar-refractivity contribution in [3.63, 3.8) is 0 Å². The quantitative estimate of drug-likeness (QED) is 0.749. The van der Waals surface area contributed by atoms with Crippen LogP contribution < -0.4 is 5.32 Å². The molecule has 2 heterocycles. The Morgan fingerprint density at radius 3 is 2.80 bits per heavy atom. The van der Waals surface area contributed by atoms with Gasteiger partial charge in [0.2, 0.25) is 5.91 Å². The van der Waals surface area contributed by atoms with Crippen molar-refractivity contribution in [1.29, 1.82) is 0 Å². The summed E-state index contributed by atoms with van der Waals surface area (Å²) >= 11 is 0. The number of carbonyl (C=O) groups is 1. The molecule has 0 radical (unpaired) electrons. The van der Waals surface area contributed by atoms with Crippen molar-refractivity contribution in [2.75, 3.05) is 13.1 Å². The van der Waals surface area contributed by atoms with Crippen molar-refractivity contribution >= 4 is 5.91 Å². The summed E-state index contributed by atoms with van der Waals surface area (Å²) in [7, 11) is 0. The van der Waals surface area contributed by atoms with Gasteiger partial charge in [0.1, 0.15) is 0 Å². The molecule has 0 bridgehead atoms.